The van der Waals surface area contributed by atoms with Gasteiger partial charge in [-0.15, -0.1) is 0 Å². The van der Waals surface area contributed by atoms with Gasteiger partial charge >= 0.3 is 6.18 Å². The van der Waals surface area contributed by atoms with E-state index in [-0.39, 0.29) is 31.2 Å². The third-order valence-corrected chi connectivity index (χ3v) is 2.72. The SMILES string of the molecule is O=C1CC(=O)N(Cc2ccc(C(F)(F)F)cc2)C1. The first kappa shape index (κ1) is 12.6. The Bertz CT molecular complexity index is 479. The number of ketones is 1. The third kappa shape index (κ3) is 2.69. The monoisotopic (exact) mass is 257 g/mol. The molecule has 0 atom stereocenters. The van der Waals surface area contributed by atoms with Crippen LogP contribution in [0.5, 0.6) is 0 Å². The van der Waals surface area contributed by atoms with Gasteiger partial charge in [-0.1, -0.05) is 12.1 Å². The third-order valence-electron chi connectivity index (χ3n) is 2.72. The number of carbonyl (C=O) groups is 2. The summed E-state index contributed by atoms with van der Waals surface area (Å²) in [7, 11) is 0. The fourth-order valence-electron chi connectivity index (χ4n) is 1.80. The number of carbonyl (C=O) groups excluding carboxylic acids is 2. The summed E-state index contributed by atoms with van der Waals surface area (Å²) in [5.74, 6) is -0.438. The van der Waals surface area contributed by atoms with Crippen molar-refractivity contribution in [1.29, 1.82) is 0 Å². The molecule has 1 heterocycles. The van der Waals surface area contributed by atoms with Crippen LogP contribution in [-0.2, 0) is 22.3 Å². The van der Waals surface area contributed by atoms with Crippen molar-refractivity contribution in [2.75, 3.05) is 6.54 Å². The zero-order valence-electron chi connectivity index (χ0n) is 9.33. The number of halogens is 3. The number of amides is 1. The number of benzene rings is 1. The number of hydrogen-bond donors (Lipinski definition) is 0. The van der Waals surface area contributed by atoms with E-state index in [1.54, 1.807) is 0 Å². The highest BCUT2D eigenvalue weighted by Crippen LogP contribution is 2.29. The molecule has 3 nitrogen and oxygen atoms in total. The maximum Gasteiger partial charge on any atom is 0.416 e. The second-order valence-corrected chi connectivity index (χ2v) is 4.16. The number of alkyl halides is 3. The van der Waals surface area contributed by atoms with Gasteiger partial charge in [0.1, 0.15) is 0 Å². The summed E-state index contributed by atoms with van der Waals surface area (Å²) in [4.78, 5) is 23.7. The number of Topliss-reactive ketones (excluding diaryl/α,β-unsaturated/α-hetero) is 1. The topological polar surface area (TPSA) is 37.4 Å². The minimum absolute atomic E-state index is 0.0415. The van der Waals surface area contributed by atoms with Crippen LogP contribution in [0.3, 0.4) is 0 Å². The number of likely N-dealkylation sites (tertiary alicyclic amines) is 1. The lowest BCUT2D eigenvalue weighted by Gasteiger charge is -2.15. The second kappa shape index (κ2) is 4.44. The minimum Gasteiger partial charge on any atom is -0.331 e. The van der Waals surface area contributed by atoms with E-state index in [4.69, 9.17) is 0 Å². The van der Waals surface area contributed by atoms with E-state index < -0.39 is 11.7 Å². The summed E-state index contributed by atoms with van der Waals surface area (Å²) >= 11 is 0. The molecule has 0 aliphatic carbocycles. The quantitative estimate of drug-likeness (QED) is 0.760. The smallest absolute Gasteiger partial charge is 0.331 e. The first-order valence-corrected chi connectivity index (χ1v) is 5.32. The van der Waals surface area contributed by atoms with Crippen molar-refractivity contribution in [2.24, 2.45) is 0 Å². The van der Waals surface area contributed by atoms with Gasteiger partial charge in [-0.05, 0) is 17.7 Å². The highest BCUT2D eigenvalue weighted by atomic mass is 19.4. The van der Waals surface area contributed by atoms with Crippen molar-refractivity contribution in [1.82, 2.24) is 4.90 Å². The maximum absolute atomic E-state index is 12.3. The summed E-state index contributed by atoms with van der Waals surface area (Å²) in [6, 6.07) is 4.58. The highest BCUT2D eigenvalue weighted by molar-refractivity contribution is 6.05. The molecule has 0 spiro atoms. The van der Waals surface area contributed by atoms with Crippen LogP contribution in [0.2, 0.25) is 0 Å². The van der Waals surface area contributed by atoms with Gasteiger partial charge in [-0.2, -0.15) is 13.2 Å². The predicted molar refractivity (Wildman–Crippen MR) is 56.5 cm³/mol. The molecule has 0 radical (unpaired) electrons. The molecule has 2 rings (SSSR count). The summed E-state index contributed by atoms with van der Waals surface area (Å²) in [5, 5.41) is 0. The molecule has 0 unspecified atom stereocenters. The molecule has 0 bridgehead atoms. The fraction of sp³-hybridized carbons (Fsp3) is 0.333. The Morgan fingerprint density at radius 2 is 1.72 bits per heavy atom. The van der Waals surface area contributed by atoms with Gasteiger partial charge in [0.05, 0.1) is 18.5 Å². The first-order chi connectivity index (χ1) is 8.36. The standard InChI is InChI=1S/C12H10F3NO2/c13-12(14,15)9-3-1-8(2-4-9)6-16-7-10(17)5-11(16)18/h1-4H,5-7H2. The molecular weight excluding hydrogens is 247 g/mol. The zero-order valence-corrected chi connectivity index (χ0v) is 9.33. The highest BCUT2D eigenvalue weighted by Gasteiger charge is 2.30. The zero-order chi connectivity index (χ0) is 13.3. The van der Waals surface area contributed by atoms with Crippen LogP contribution >= 0.6 is 0 Å². The molecule has 1 amide bonds. The van der Waals surface area contributed by atoms with Gasteiger partial charge < -0.3 is 4.90 Å². The first-order valence-electron chi connectivity index (χ1n) is 5.32. The summed E-state index contributed by atoms with van der Waals surface area (Å²) in [6.07, 6.45) is -4.47. The van der Waals surface area contributed by atoms with Crippen LogP contribution in [0.1, 0.15) is 17.5 Å². The van der Waals surface area contributed by atoms with Crippen molar-refractivity contribution < 1.29 is 22.8 Å². The van der Waals surface area contributed by atoms with Crippen LogP contribution in [0, 0.1) is 0 Å². The number of hydrogen-bond acceptors (Lipinski definition) is 2. The molecule has 1 aromatic carbocycles. The Labute approximate surface area is 101 Å². The van der Waals surface area contributed by atoms with Crippen molar-refractivity contribution in [2.45, 2.75) is 19.1 Å². The molecule has 1 fully saturated rings. The molecule has 1 aliphatic rings. The molecule has 6 heteroatoms. The van der Waals surface area contributed by atoms with Crippen LogP contribution in [0.25, 0.3) is 0 Å². The van der Waals surface area contributed by atoms with Gasteiger partial charge in [-0.25, -0.2) is 0 Å². The molecule has 1 aliphatic heterocycles. The van der Waals surface area contributed by atoms with Crippen LogP contribution in [0.15, 0.2) is 24.3 Å². The Kier molecular flexibility index (Phi) is 3.11. The van der Waals surface area contributed by atoms with Gasteiger partial charge in [-0.3, -0.25) is 9.59 Å². The minimum atomic E-state index is -4.36. The normalized spacial score (nSPS) is 16.5. The van der Waals surface area contributed by atoms with Gasteiger partial charge in [0, 0.05) is 6.54 Å². The van der Waals surface area contributed by atoms with Gasteiger partial charge in [0.15, 0.2) is 5.78 Å². The van der Waals surface area contributed by atoms with Gasteiger partial charge in [0.2, 0.25) is 5.91 Å². The van der Waals surface area contributed by atoms with Crippen molar-refractivity contribution >= 4 is 11.7 Å². The van der Waals surface area contributed by atoms with Crippen molar-refractivity contribution in [3.05, 3.63) is 35.4 Å². The average molecular weight is 257 g/mol. The van der Waals surface area contributed by atoms with E-state index in [1.807, 2.05) is 0 Å². The molecule has 96 valence electrons. The Hall–Kier alpha value is -1.85. The summed E-state index contributed by atoms with van der Waals surface area (Å²) < 4.78 is 37.0. The van der Waals surface area contributed by atoms with Crippen LogP contribution < -0.4 is 0 Å². The molecule has 18 heavy (non-hydrogen) atoms. The number of rotatable bonds is 2. The van der Waals surface area contributed by atoms with E-state index in [2.05, 4.69) is 0 Å². The predicted octanol–water partition coefficient (Wildman–Crippen LogP) is 2.01. The second-order valence-electron chi connectivity index (χ2n) is 4.16. The van der Waals surface area contributed by atoms with E-state index in [0.29, 0.717) is 5.56 Å². The molecule has 0 saturated carbocycles. The fourth-order valence-corrected chi connectivity index (χ4v) is 1.80. The van der Waals surface area contributed by atoms with Crippen LogP contribution in [-0.4, -0.2) is 23.1 Å². The lowest BCUT2D eigenvalue weighted by molar-refractivity contribution is -0.137. The Balaban J connectivity index is 2.07. The van der Waals surface area contributed by atoms with E-state index in [1.165, 1.54) is 17.0 Å². The lowest BCUT2D eigenvalue weighted by Crippen LogP contribution is -2.24. The van der Waals surface area contributed by atoms with E-state index >= 15 is 0 Å². The molecule has 1 saturated heterocycles. The number of nitrogens with zero attached hydrogens (tertiary/aromatic N) is 1. The molecule has 0 N–H and O–H groups in total. The summed E-state index contributed by atoms with van der Waals surface area (Å²) in [6.45, 7) is 0.211. The van der Waals surface area contributed by atoms with E-state index in [0.717, 1.165) is 12.1 Å². The molecular formula is C12H10F3NO2. The average Bonchev–Trinajstić information content (AvgIpc) is 2.57. The van der Waals surface area contributed by atoms with E-state index in [9.17, 15) is 22.8 Å². The largest absolute Gasteiger partial charge is 0.416 e. The molecule has 0 aromatic heterocycles. The van der Waals surface area contributed by atoms with Crippen molar-refractivity contribution in [3.8, 4) is 0 Å². The Morgan fingerprint density at radius 1 is 1.11 bits per heavy atom. The van der Waals surface area contributed by atoms with Gasteiger partial charge in [0.25, 0.3) is 0 Å². The maximum atomic E-state index is 12.3. The molecule has 1 aromatic rings. The lowest BCUT2D eigenvalue weighted by atomic mass is 10.1. The summed E-state index contributed by atoms with van der Waals surface area (Å²) in [5.41, 5.74) is -0.152. The van der Waals surface area contributed by atoms with Crippen molar-refractivity contribution in [3.63, 3.8) is 0 Å². The Morgan fingerprint density at radius 3 is 2.17 bits per heavy atom. The van der Waals surface area contributed by atoms with Crippen LogP contribution in [0.4, 0.5) is 13.2 Å².